The molecule has 0 aliphatic carbocycles. The van der Waals surface area contributed by atoms with Crippen molar-refractivity contribution in [2.75, 3.05) is 0 Å². The molecule has 0 heterocycles. The SMILES string of the molecule is O=P(O)(O)OP(=O)(O)O.[H-].[H-].[H-].[Li+].[Li+].[Li+]. The fraction of sp³-hybridized carbons (Fsp3) is 0. The minimum absolute atomic E-state index is 0. The molecule has 0 aliphatic heterocycles. The topological polar surface area (TPSA) is 124 Å². The molecule has 0 spiro atoms. The van der Waals surface area contributed by atoms with Crippen LogP contribution in [0.25, 0.3) is 0 Å². The van der Waals surface area contributed by atoms with E-state index in [9.17, 15) is 9.13 Å². The van der Waals surface area contributed by atoms with Gasteiger partial charge in [-0.3, -0.25) is 0 Å². The molecule has 0 unspecified atom stereocenters. The van der Waals surface area contributed by atoms with E-state index in [1.807, 2.05) is 0 Å². The molecule has 0 fully saturated rings. The maximum Gasteiger partial charge on any atom is 1.00 e. The van der Waals surface area contributed by atoms with Crippen molar-refractivity contribution < 1.29 is 93.9 Å². The molecule has 12 heavy (non-hydrogen) atoms. The Morgan fingerprint density at radius 3 is 1.00 bits per heavy atom. The molecule has 0 aromatic carbocycles. The van der Waals surface area contributed by atoms with E-state index in [0.29, 0.717) is 0 Å². The largest absolute Gasteiger partial charge is 1.00 e. The Kier molecular flexibility index (Phi) is 16.5. The van der Waals surface area contributed by atoms with E-state index in [1.54, 1.807) is 0 Å². The van der Waals surface area contributed by atoms with Crippen LogP contribution in [0.4, 0.5) is 0 Å². The second-order valence-electron chi connectivity index (χ2n) is 1.06. The van der Waals surface area contributed by atoms with Gasteiger partial charge in [0, 0.05) is 0 Å². The summed E-state index contributed by atoms with van der Waals surface area (Å²) in [5.74, 6) is 0. The Bertz CT molecular complexity index is 168. The van der Waals surface area contributed by atoms with Gasteiger partial charge in [0.05, 0.1) is 0 Å². The van der Waals surface area contributed by atoms with Gasteiger partial charge in [0.2, 0.25) is 0 Å². The molecule has 7 nitrogen and oxygen atoms in total. The average molecular weight is 202 g/mol. The van der Waals surface area contributed by atoms with Gasteiger partial charge in [-0.05, 0) is 0 Å². The van der Waals surface area contributed by atoms with E-state index in [1.165, 1.54) is 0 Å². The summed E-state index contributed by atoms with van der Waals surface area (Å²) in [6, 6.07) is 0. The minimum atomic E-state index is -5.05. The molecule has 0 radical (unpaired) electrons. The third-order valence-electron chi connectivity index (χ3n) is 0.213. The summed E-state index contributed by atoms with van der Waals surface area (Å²) in [5, 5.41) is 0. The third kappa shape index (κ3) is 22.7. The van der Waals surface area contributed by atoms with Gasteiger partial charge < -0.3 is 23.9 Å². The van der Waals surface area contributed by atoms with Gasteiger partial charge in [0.15, 0.2) is 0 Å². The van der Waals surface area contributed by atoms with Crippen molar-refractivity contribution in [1.29, 1.82) is 0 Å². The molecule has 0 aromatic rings. The fourth-order valence-corrected chi connectivity index (χ4v) is 1.25. The molecule has 62 valence electrons. The van der Waals surface area contributed by atoms with Crippen LogP contribution in [0, 0.1) is 0 Å². The van der Waals surface area contributed by atoms with Crippen LogP contribution >= 0.6 is 15.6 Å². The smallest absolute Gasteiger partial charge is 1.00 e. The molecule has 0 saturated carbocycles. The predicted molar refractivity (Wildman–Crippen MR) is 28.5 cm³/mol. The van der Waals surface area contributed by atoms with Gasteiger partial charge in [0.25, 0.3) is 0 Å². The van der Waals surface area contributed by atoms with Crippen LogP contribution in [-0.2, 0) is 13.4 Å². The molecule has 0 aromatic heterocycles. The van der Waals surface area contributed by atoms with E-state index in [2.05, 4.69) is 4.31 Å². The van der Waals surface area contributed by atoms with E-state index in [-0.39, 0.29) is 60.9 Å². The van der Waals surface area contributed by atoms with Crippen molar-refractivity contribution in [3.63, 3.8) is 0 Å². The summed E-state index contributed by atoms with van der Waals surface area (Å²) in [6.07, 6.45) is 0. The van der Waals surface area contributed by atoms with Crippen molar-refractivity contribution in [2.24, 2.45) is 0 Å². The van der Waals surface area contributed by atoms with Crippen molar-refractivity contribution in [3.8, 4) is 0 Å². The van der Waals surface area contributed by atoms with Crippen molar-refractivity contribution in [3.05, 3.63) is 0 Å². The summed E-state index contributed by atoms with van der Waals surface area (Å²) in [6.45, 7) is 0. The molecule has 0 saturated heterocycles. The van der Waals surface area contributed by atoms with Gasteiger partial charge in [-0.1, -0.05) is 0 Å². The van der Waals surface area contributed by atoms with Crippen LogP contribution in [-0.4, -0.2) is 19.6 Å². The molecule has 0 aliphatic rings. The molecular formula is H7Li3O7P2. The maximum absolute atomic E-state index is 9.63. The molecule has 4 N–H and O–H groups in total. The Morgan fingerprint density at radius 2 is 1.00 bits per heavy atom. The summed E-state index contributed by atoms with van der Waals surface area (Å²) in [4.78, 5) is 31.0. The van der Waals surface area contributed by atoms with Crippen molar-refractivity contribution >= 4 is 15.6 Å². The zero-order valence-corrected chi connectivity index (χ0v) is 8.70. The van der Waals surface area contributed by atoms with Crippen LogP contribution in [0.2, 0.25) is 0 Å². The Morgan fingerprint density at radius 1 is 0.833 bits per heavy atom. The summed E-state index contributed by atoms with van der Waals surface area (Å²) >= 11 is 0. The molecule has 0 amide bonds. The van der Waals surface area contributed by atoms with Gasteiger partial charge >= 0.3 is 72.2 Å². The number of rotatable bonds is 2. The van der Waals surface area contributed by atoms with Crippen LogP contribution in [0.15, 0.2) is 0 Å². The maximum atomic E-state index is 9.63. The first-order valence-electron chi connectivity index (χ1n) is 1.53. The molecular weight excluding hydrogens is 195 g/mol. The van der Waals surface area contributed by atoms with E-state index < -0.39 is 15.6 Å². The third-order valence-corrected chi connectivity index (χ3v) is 1.91. The van der Waals surface area contributed by atoms with Gasteiger partial charge in [-0.25, -0.2) is 9.13 Å². The van der Waals surface area contributed by atoms with Gasteiger partial charge in [-0.2, -0.15) is 4.31 Å². The molecule has 0 atom stereocenters. The zero-order valence-electron chi connectivity index (χ0n) is 9.91. The normalized spacial score (nSPS) is 10.3. The van der Waals surface area contributed by atoms with E-state index in [0.717, 1.165) is 0 Å². The van der Waals surface area contributed by atoms with E-state index >= 15 is 0 Å². The van der Waals surface area contributed by atoms with Gasteiger partial charge in [0.1, 0.15) is 0 Å². The summed E-state index contributed by atoms with van der Waals surface area (Å²) in [5.41, 5.74) is 0. The number of phosphoric acid groups is 2. The Hall–Kier alpha value is 2.05. The molecule has 0 bridgehead atoms. The van der Waals surface area contributed by atoms with Crippen molar-refractivity contribution in [2.45, 2.75) is 0 Å². The first-order chi connectivity index (χ1) is 3.71. The van der Waals surface area contributed by atoms with Gasteiger partial charge in [-0.15, -0.1) is 0 Å². The van der Waals surface area contributed by atoms with Crippen LogP contribution in [0.5, 0.6) is 0 Å². The number of hydrogen-bond acceptors (Lipinski definition) is 3. The van der Waals surface area contributed by atoms with Crippen LogP contribution in [0.1, 0.15) is 4.28 Å². The standard InChI is InChI=1S/3Li.H4O7P2.3H/c;;;1-8(2,3)7-9(4,5)6;;;/h;;;(H2,1,2,3)(H2,4,5,6);;;/q3*+1;;3*-1. The first-order valence-corrected chi connectivity index (χ1v) is 4.59. The van der Waals surface area contributed by atoms with Crippen LogP contribution in [0.3, 0.4) is 0 Å². The Labute approximate surface area is 109 Å². The molecule has 12 heteroatoms. The zero-order chi connectivity index (χ0) is 7.71. The first kappa shape index (κ1) is 23.7. The predicted octanol–water partition coefficient (Wildman–Crippen LogP) is -9.46. The summed E-state index contributed by atoms with van der Waals surface area (Å²) < 4.78 is 22.2. The monoisotopic (exact) mass is 202 g/mol. The fourth-order valence-electron chi connectivity index (χ4n) is 0.139. The summed E-state index contributed by atoms with van der Waals surface area (Å²) in [7, 11) is -10.1. The Balaban J connectivity index is -0.0000000213. The molecule has 0 rings (SSSR count). The average Bonchev–Trinajstić information content (AvgIpc) is 1.14. The second kappa shape index (κ2) is 8.37. The second-order valence-corrected chi connectivity index (χ2v) is 3.68. The van der Waals surface area contributed by atoms with Crippen LogP contribution < -0.4 is 56.6 Å². The quantitative estimate of drug-likeness (QED) is 0.258. The van der Waals surface area contributed by atoms with Crippen molar-refractivity contribution in [1.82, 2.24) is 0 Å². The van der Waals surface area contributed by atoms with E-state index in [4.69, 9.17) is 19.6 Å². The minimum Gasteiger partial charge on any atom is -1.00 e. The number of hydrogen-bond donors (Lipinski definition) is 4.